The number of allylic oxidation sites excluding steroid dienone is 1. The van der Waals surface area contributed by atoms with Crippen LogP contribution in [0.2, 0.25) is 0 Å². The van der Waals surface area contributed by atoms with Gasteiger partial charge in [0.2, 0.25) is 0 Å². The Morgan fingerprint density at radius 1 is 1.33 bits per heavy atom. The molecular formula is C12H11O3-. The first-order valence-corrected chi connectivity index (χ1v) is 4.56. The summed E-state index contributed by atoms with van der Waals surface area (Å²) < 4.78 is 0. The zero-order valence-electron chi connectivity index (χ0n) is 8.40. The summed E-state index contributed by atoms with van der Waals surface area (Å²) in [6, 6.07) is 7.53. The molecular weight excluding hydrogens is 192 g/mol. The monoisotopic (exact) mass is 203 g/mol. The Kier molecular flexibility index (Phi) is 3.80. The first-order chi connectivity index (χ1) is 7.09. The van der Waals surface area contributed by atoms with Gasteiger partial charge < -0.3 is 9.90 Å². The Morgan fingerprint density at radius 3 is 2.60 bits per heavy atom. The molecule has 0 saturated carbocycles. The van der Waals surface area contributed by atoms with Gasteiger partial charge in [-0.25, -0.2) is 0 Å². The van der Waals surface area contributed by atoms with Crippen LogP contribution in [-0.4, -0.2) is 11.8 Å². The Bertz CT molecular complexity index is 405. The number of aliphatic carboxylic acids is 1. The largest absolute Gasteiger partial charge is 0.550 e. The van der Waals surface area contributed by atoms with Crippen molar-refractivity contribution >= 4 is 17.8 Å². The van der Waals surface area contributed by atoms with Crippen LogP contribution in [0, 0.1) is 6.92 Å². The minimum absolute atomic E-state index is 0.460. The highest BCUT2D eigenvalue weighted by molar-refractivity contribution is 6.02. The van der Waals surface area contributed by atoms with Crippen molar-refractivity contribution in [3.63, 3.8) is 0 Å². The summed E-state index contributed by atoms with van der Waals surface area (Å²) in [6.07, 6.45) is 2.31. The summed E-state index contributed by atoms with van der Waals surface area (Å²) in [6.45, 7) is 1.92. The van der Waals surface area contributed by atoms with E-state index in [0.717, 1.165) is 11.1 Å². The summed E-state index contributed by atoms with van der Waals surface area (Å²) >= 11 is 0. The molecule has 0 unspecified atom stereocenters. The number of carboxylic acids is 1. The van der Waals surface area contributed by atoms with Crippen LogP contribution in [0.15, 0.2) is 30.3 Å². The molecule has 0 aliphatic rings. The van der Waals surface area contributed by atoms with Crippen molar-refractivity contribution in [2.45, 2.75) is 13.3 Å². The third-order valence-corrected chi connectivity index (χ3v) is 1.96. The quantitative estimate of drug-likeness (QED) is 0.535. The Balaban J connectivity index is 2.70. The fourth-order valence-corrected chi connectivity index (χ4v) is 1.16. The smallest absolute Gasteiger partial charge is 0.161 e. The second-order valence-electron chi connectivity index (χ2n) is 3.21. The van der Waals surface area contributed by atoms with Gasteiger partial charge in [0.05, 0.1) is 6.42 Å². The molecule has 0 atom stereocenters. The number of carbonyl (C=O) groups is 2. The second kappa shape index (κ2) is 5.10. The highest BCUT2D eigenvalue weighted by Gasteiger charge is 1.97. The summed E-state index contributed by atoms with van der Waals surface area (Å²) in [5.74, 6) is -1.81. The van der Waals surface area contributed by atoms with Crippen LogP contribution < -0.4 is 5.11 Å². The highest BCUT2D eigenvalue weighted by Crippen LogP contribution is 2.08. The van der Waals surface area contributed by atoms with Crippen molar-refractivity contribution in [2.75, 3.05) is 0 Å². The summed E-state index contributed by atoms with van der Waals surface area (Å²) in [7, 11) is 0. The normalized spacial score (nSPS) is 10.5. The van der Waals surface area contributed by atoms with Crippen LogP contribution in [0.25, 0.3) is 6.08 Å². The molecule has 0 aliphatic carbocycles. The van der Waals surface area contributed by atoms with Gasteiger partial charge in [0.25, 0.3) is 0 Å². The Morgan fingerprint density at radius 2 is 2.00 bits per heavy atom. The molecule has 0 heterocycles. The fraction of sp³-hybridized carbons (Fsp3) is 0.167. The van der Waals surface area contributed by atoms with E-state index < -0.39 is 18.2 Å². The number of rotatable bonds is 4. The fourth-order valence-electron chi connectivity index (χ4n) is 1.16. The maximum atomic E-state index is 11.0. The van der Waals surface area contributed by atoms with E-state index in [1.165, 1.54) is 6.08 Å². The molecule has 1 aromatic carbocycles. The molecule has 3 nitrogen and oxygen atoms in total. The van der Waals surface area contributed by atoms with Gasteiger partial charge in [0.1, 0.15) is 0 Å². The molecule has 0 aromatic heterocycles. The van der Waals surface area contributed by atoms with Gasteiger partial charge in [-0.1, -0.05) is 30.3 Å². The van der Waals surface area contributed by atoms with Crippen molar-refractivity contribution in [1.29, 1.82) is 0 Å². The van der Waals surface area contributed by atoms with E-state index in [1.807, 2.05) is 31.2 Å². The predicted molar refractivity (Wildman–Crippen MR) is 54.8 cm³/mol. The minimum atomic E-state index is -1.35. The molecule has 15 heavy (non-hydrogen) atoms. The lowest BCUT2D eigenvalue weighted by Crippen LogP contribution is -2.24. The number of benzene rings is 1. The van der Waals surface area contributed by atoms with Crippen molar-refractivity contribution < 1.29 is 14.7 Å². The molecule has 0 fully saturated rings. The van der Waals surface area contributed by atoms with Crippen LogP contribution in [0.3, 0.4) is 0 Å². The molecule has 0 radical (unpaired) electrons. The molecule has 0 bridgehead atoms. The van der Waals surface area contributed by atoms with Crippen LogP contribution in [-0.2, 0) is 9.59 Å². The average Bonchev–Trinajstić information content (AvgIpc) is 2.15. The second-order valence-corrected chi connectivity index (χ2v) is 3.21. The van der Waals surface area contributed by atoms with Crippen LogP contribution in [0.1, 0.15) is 17.5 Å². The third kappa shape index (κ3) is 3.77. The summed E-state index contributed by atoms with van der Waals surface area (Å²) in [5, 5.41) is 10.1. The van der Waals surface area contributed by atoms with Gasteiger partial charge in [-0.05, 0) is 24.1 Å². The summed E-state index contributed by atoms with van der Waals surface area (Å²) in [5.41, 5.74) is 1.94. The standard InChI is InChI=1S/C12H12O3/c1-9-4-2-3-5-10(9)6-7-11(13)8-12(14)15/h2-7H,8H2,1H3,(H,14,15)/p-1/b7-6+. The van der Waals surface area contributed by atoms with E-state index in [2.05, 4.69) is 0 Å². The predicted octanol–water partition coefficient (Wildman–Crippen LogP) is 0.717. The van der Waals surface area contributed by atoms with Crippen molar-refractivity contribution in [3.05, 3.63) is 41.5 Å². The first kappa shape index (κ1) is 11.2. The molecule has 3 heteroatoms. The number of carbonyl (C=O) groups excluding carboxylic acids is 2. The molecule has 78 valence electrons. The molecule has 0 amide bonds. The number of hydrogen-bond donors (Lipinski definition) is 0. The van der Waals surface area contributed by atoms with Crippen molar-refractivity contribution in [1.82, 2.24) is 0 Å². The van der Waals surface area contributed by atoms with Gasteiger partial charge in [0, 0.05) is 5.97 Å². The lowest BCUT2D eigenvalue weighted by molar-refractivity contribution is -0.304. The van der Waals surface area contributed by atoms with Crippen LogP contribution in [0.4, 0.5) is 0 Å². The number of hydrogen-bond acceptors (Lipinski definition) is 3. The topological polar surface area (TPSA) is 57.2 Å². The SMILES string of the molecule is Cc1ccccc1/C=C/C(=O)CC(=O)[O-]. The van der Waals surface area contributed by atoms with Gasteiger partial charge in [-0.2, -0.15) is 0 Å². The molecule has 0 N–H and O–H groups in total. The van der Waals surface area contributed by atoms with E-state index in [9.17, 15) is 14.7 Å². The molecule has 0 aliphatic heterocycles. The Labute approximate surface area is 88.0 Å². The number of aryl methyl sites for hydroxylation is 1. The highest BCUT2D eigenvalue weighted by atomic mass is 16.4. The Hall–Kier alpha value is -1.90. The van der Waals surface area contributed by atoms with Gasteiger partial charge in [-0.15, -0.1) is 0 Å². The average molecular weight is 203 g/mol. The number of ketones is 1. The maximum Gasteiger partial charge on any atom is 0.161 e. The van der Waals surface area contributed by atoms with Crippen molar-refractivity contribution in [2.24, 2.45) is 0 Å². The lowest BCUT2D eigenvalue weighted by atomic mass is 10.1. The molecule has 1 rings (SSSR count). The zero-order chi connectivity index (χ0) is 11.3. The van der Waals surface area contributed by atoms with E-state index in [0.29, 0.717) is 0 Å². The zero-order valence-corrected chi connectivity index (χ0v) is 8.40. The van der Waals surface area contributed by atoms with Crippen molar-refractivity contribution in [3.8, 4) is 0 Å². The first-order valence-electron chi connectivity index (χ1n) is 4.56. The van der Waals surface area contributed by atoms with E-state index in [1.54, 1.807) is 6.08 Å². The van der Waals surface area contributed by atoms with Gasteiger partial charge in [0.15, 0.2) is 5.78 Å². The molecule has 0 saturated heterocycles. The number of carboxylic acid groups (broad SMARTS) is 1. The molecule has 1 aromatic rings. The third-order valence-electron chi connectivity index (χ3n) is 1.96. The minimum Gasteiger partial charge on any atom is -0.550 e. The molecule has 0 spiro atoms. The van der Waals surface area contributed by atoms with Crippen LogP contribution >= 0.6 is 0 Å². The van der Waals surface area contributed by atoms with E-state index in [4.69, 9.17) is 0 Å². The van der Waals surface area contributed by atoms with E-state index in [-0.39, 0.29) is 0 Å². The summed E-state index contributed by atoms with van der Waals surface area (Å²) in [4.78, 5) is 21.2. The van der Waals surface area contributed by atoms with Gasteiger partial charge in [-0.3, -0.25) is 4.79 Å². The van der Waals surface area contributed by atoms with E-state index >= 15 is 0 Å². The van der Waals surface area contributed by atoms with Crippen LogP contribution in [0.5, 0.6) is 0 Å². The maximum absolute atomic E-state index is 11.0. The van der Waals surface area contributed by atoms with Gasteiger partial charge >= 0.3 is 0 Å². The lowest BCUT2D eigenvalue weighted by Gasteiger charge is -1.99.